The van der Waals surface area contributed by atoms with Gasteiger partial charge in [0.25, 0.3) is 0 Å². The Hall–Kier alpha value is -1.55. The molecule has 0 amide bonds. The van der Waals surface area contributed by atoms with Gasteiger partial charge in [0.05, 0.1) is 13.2 Å². The maximum atomic E-state index is 11.7. The van der Waals surface area contributed by atoms with Gasteiger partial charge >= 0.3 is 5.97 Å². The molecule has 4 nitrogen and oxygen atoms in total. The highest BCUT2D eigenvalue weighted by molar-refractivity contribution is 5.75. The van der Waals surface area contributed by atoms with Crippen LogP contribution in [0.15, 0.2) is 24.3 Å². The van der Waals surface area contributed by atoms with Gasteiger partial charge in [-0.15, -0.1) is 0 Å². The van der Waals surface area contributed by atoms with Crippen LogP contribution >= 0.6 is 0 Å². The first-order valence-corrected chi connectivity index (χ1v) is 7.00. The number of hydrogen-bond donors (Lipinski definition) is 1. The molecule has 0 aliphatic carbocycles. The lowest BCUT2D eigenvalue weighted by molar-refractivity contribution is -0.144. The molecule has 112 valence electrons. The minimum absolute atomic E-state index is 0.150. The third kappa shape index (κ3) is 5.21. The zero-order valence-corrected chi connectivity index (χ0v) is 13.0. The van der Waals surface area contributed by atoms with Crippen molar-refractivity contribution in [3.05, 3.63) is 29.8 Å². The predicted octanol–water partition coefficient (Wildman–Crippen LogP) is 2.76. The Morgan fingerprint density at radius 1 is 1.25 bits per heavy atom. The van der Waals surface area contributed by atoms with E-state index in [0.717, 1.165) is 11.3 Å². The Kier molecular flexibility index (Phi) is 6.52. The fourth-order valence-corrected chi connectivity index (χ4v) is 1.95. The molecule has 0 saturated heterocycles. The van der Waals surface area contributed by atoms with Gasteiger partial charge in [-0.05, 0) is 37.5 Å². The maximum absolute atomic E-state index is 11.7. The minimum Gasteiger partial charge on any atom is -0.491 e. The second kappa shape index (κ2) is 7.90. The van der Waals surface area contributed by atoms with Crippen molar-refractivity contribution in [2.45, 2.75) is 46.4 Å². The fraction of sp³-hybridized carbons (Fsp3) is 0.562. The smallest absolute Gasteiger partial charge is 0.323 e. The molecule has 0 fully saturated rings. The van der Waals surface area contributed by atoms with Gasteiger partial charge in [-0.3, -0.25) is 4.79 Å². The molecule has 0 spiro atoms. The van der Waals surface area contributed by atoms with Crippen LogP contribution in [0, 0.1) is 5.92 Å². The Morgan fingerprint density at radius 3 is 2.50 bits per heavy atom. The van der Waals surface area contributed by atoms with Crippen LogP contribution in [0.5, 0.6) is 5.75 Å². The lowest BCUT2D eigenvalue weighted by Crippen LogP contribution is -2.41. The number of nitrogens with one attached hydrogen (secondary N) is 1. The molecule has 0 bridgehead atoms. The van der Waals surface area contributed by atoms with Gasteiger partial charge in [-0.1, -0.05) is 26.0 Å². The van der Waals surface area contributed by atoms with Crippen molar-refractivity contribution in [3.8, 4) is 5.75 Å². The molecule has 0 aromatic heterocycles. The second-order valence-corrected chi connectivity index (χ2v) is 5.44. The summed E-state index contributed by atoms with van der Waals surface area (Å²) < 4.78 is 10.5. The molecular weight excluding hydrogens is 254 g/mol. The number of carbonyl (C=O) groups excluding carboxylic acids is 1. The monoisotopic (exact) mass is 279 g/mol. The molecule has 0 heterocycles. The van der Waals surface area contributed by atoms with E-state index in [2.05, 4.69) is 5.32 Å². The normalized spacial score (nSPS) is 12.6. The Labute approximate surface area is 121 Å². The van der Waals surface area contributed by atoms with E-state index in [0.29, 0.717) is 6.54 Å². The fourth-order valence-electron chi connectivity index (χ4n) is 1.95. The van der Waals surface area contributed by atoms with E-state index >= 15 is 0 Å². The Morgan fingerprint density at radius 2 is 1.95 bits per heavy atom. The number of ether oxygens (including phenoxy) is 2. The average molecular weight is 279 g/mol. The van der Waals surface area contributed by atoms with Crippen molar-refractivity contribution in [1.82, 2.24) is 5.32 Å². The molecule has 0 aliphatic rings. The average Bonchev–Trinajstić information content (AvgIpc) is 2.37. The molecule has 0 aliphatic heterocycles. The van der Waals surface area contributed by atoms with E-state index in [1.165, 1.54) is 7.11 Å². The van der Waals surface area contributed by atoms with E-state index in [-0.39, 0.29) is 24.0 Å². The molecule has 0 unspecified atom stereocenters. The first-order valence-electron chi connectivity index (χ1n) is 7.00. The summed E-state index contributed by atoms with van der Waals surface area (Å²) in [5.41, 5.74) is 1.08. The van der Waals surface area contributed by atoms with E-state index < -0.39 is 0 Å². The lowest BCUT2D eigenvalue weighted by atomic mass is 10.0. The quantitative estimate of drug-likeness (QED) is 0.780. The largest absolute Gasteiger partial charge is 0.491 e. The lowest BCUT2D eigenvalue weighted by Gasteiger charge is -2.20. The van der Waals surface area contributed by atoms with Crippen molar-refractivity contribution in [3.63, 3.8) is 0 Å². The molecule has 0 radical (unpaired) electrons. The molecule has 1 rings (SSSR count). The summed E-state index contributed by atoms with van der Waals surface area (Å²) in [6.07, 6.45) is 0.150. The Bertz CT molecular complexity index is 429. The first kappa shape index (κ1) is 16.5. The molecule has 1 aromatic carbocycles. The summed E-state index contributed by atoms with van der Waals surface area (Å²) in [6.45, 7) is 8.58. The van der Waals surface area contributed by atoms with Crippen LogP contribution in [0.3, 0.4) is 0 Å². The number of methoxy groups -OCH3 is 1. The number of carbonyl (C=O) groups is 1. The minimum atomic E-state index is -0.297. The van der Waals surface area contributed by atoms with E-state index in [1.807, 2.05) is 52.0 Å². The highest BCUT2D eigenvalue weighted by Crippen LogP contribution is 2.15. The van der Waals surface area contributed by atoms with Gasteiger partial charge in [-0.25, -0.2) is 0 Å². The van der Waals surface area contributed by atoms with Gasteiger partial charge < -0.3 is 14.8 Å². The van der Waals surface area contributed by atoms with Gasteiger partial charge in [0.1, 0.15) is 11.8 Å². The van der Waals surface area contributed by atoms with Crippen LogP contribution in [0.4, 0.5) is 0 Å². The van der Waals surface area contributed by atoms with Gasteiger partial charge in [-0.2, -0.15) is 0 Å². The SMILES string of the molecule is COC(=O)[C@@H](NCc1cccc(OC(C)C)c1)C(C)C. The van der Waals surface area contributed by atoms with Crippen molar-refractivity contribution < 1.29 is 14.3 Å². The molecule has 4 heteroatoms. The van der Waals surface area contributed by atoms with E-state index in [4.69, 9.17) is 9.47 Å². The highest BCUT2D eigenvalue weighted by Gasteiger charge is 2.22. The first-order chi connectivity index (χ1) is 9.43. The summed E-state index contributed by atoms with van der Waals surface area (Å²) >= 11 is 0. The maximum Gasteiger partial charge on any atom is 0.323 e. The van der Waals surface area contributed by atoms with Crippen LogP contribution in [0.25, 0.3) is 0 Å². The molecule has 1 atom stereocenters. The zero-order valence-electron chi connectivity index (χ0n) is 13.0. The number of esters is 1. The van der Waals surface area contributed by atoms with Gasteiger partial charge in [0.2, 0.25) is 0 Å². The number of hydrogen-bond acceptors (Lipinski definition) is 4. The summed E-state index contributed by atoms with van der Waals surface area (Å²) in [5.74, 6) is 0.797. The third-order valence-corrected chi connectivity index (χ3v) is 2.92. The topological polar surface area (TPSA) is 47.6 Å². The van der Waals surface area contributed by atoms with Crippen molar-refractivity contribution >= 4 is 5.97 Å². The summed E-state index contributed by atoms with van der Waals surface area (Å²) in [7, 11) is 1.41. The van der Waals surface area contributed by atoms with Crippen LogP contribution in [0.2, 0.25) is 0 Å². The highest BCUT2D eigenvalue weighted by atomic mass is 16.5. The predicted molar refractivity (Wildman–Crippen MR) is 79.7 cm³/mol. The molecule has 20 heavy (non-hydrogen) atoms. The molecular formula is C16H25NO3. The van der Waals surface area contributed by atoms with Crippen LogP contribution < -0.4 is 10.1 Å². The molecule has 1 N–H and O–H groups in total. The van der Waals surface area contributed by atoms with Crippen LogP contribution in [-0.2, 0) is 16.1 Å². The Balaban J connectivity index is 2.66. The summed E-state index contributed by atoms with van der Waals surface area (Å²) in [6, 6.07) is 7.59. The van der Waals surface area contributed by atoms with Crippen LogP contribution in [0.1, 0.15) is 33.3 Å². The summed E-state index contributed by atoms with van der Waals surface area (Å²) in [4.78, 5) is 11.7. The van der Waals surface area contributed by atoms with Gasteiger partial charge in [0, 0.05) is 6.54 Å². The van der Waals surface area contributed by atoms with E-state index in [9.17, 15) is 4.79 Å². The second-order valence-electron chi connectivity index (χ2n) is 5.44. The van der Waals surface area contributed by atoms with E-state index in [1.54, 1.807) is 0 Å². The third-order valence-electron chi connectivity index (χ3n) is 2.92. The standard InChI is InChI=1S/C16H25NO3/c1-11(2)15(16(18)19-5)17-10-13-7-6-8-14(9-13)20-12(3)4/h6-9,11-12,15,17H,10H2,1-5H3/t15-/m0/s1. The van der Waals surface area contributed by atoms with Crippen molar-refractivity contribution in [2.75, 3.05) is 7.11 Å². The zero-order chi connectivity index (χ0) is 15.1. The van der Waals surface area contributed by atoms with Crippen molar-refractivity contribution in [2.24, 2.45) is 5.92 Å². The van der Waals surface area contributed by atoms with Crippen LogP contribution in [-0.4, -0.2) is 25.2 Å². The molecule has 1 aromatic rings. The van der Waals surface area contributed by atoms with Gasteiger partial charge in [0.15, 0.2) is 0 Å². The number of benzene rings is 1. The molecule has 0 saturated carbocycles. The van der Waals surface area contributed by atoms with Crippen molar-refractivity contribution in [1.29, 1.82) is 0 Å². The number of rotatable bonds is 7. The summed E-state index contributed by atoms with van der Waals surface area (Å²) in [5, 5.41) is 3.24.